The van der Waals surface area contributed by atoms with Crippen molar-refractivity contribution in [3.63, 3.8) is 0 Å². The number of benzene rings is 3. The van der Waals surface area contributed by atoms with E-state index in [1.54, 1.807) is 25.1 Å². The number of carbonyl (C=O) groups excluding carboxylic acids is 2. The zero-order chi connectivity index (χ0) is 29.6. The standard InChI is InChI=1S/C32H38ClN3O4S/c1-4-29(32(38)34-27-13-6-7-14-27)35(21-25-12-9-10-23(2)20-25)31(37)22-36(30-15-8-5-11-24(30)3)41(39,40)28-18-16-26(33)17-19-28/h5,8-12,15-20,27,29H,4,6-7,13-14,21-22H2,1-3H3,(H,34,38)/t29-/m1/s1. The Morgan fingerprint density at radius 3 is 2.29 bits per heavy atom. The van der Waals surface area contributed by atoms with Crippen LogP contribution in [0.3, 0.4) is 0 Å². The van der Waals surface area contributed by atoms with Crippen LogP contribution in [0.1, 0.15) is 55.7 Å². The number of rotatable bonds is 11. The fourth-order valence-electron chi connectivity index (χ4n) is 5.38. The first kappa shape index (κ1) is 30.6. The molecule has 2 amide bonds. The Morgan fingerprint density at radius 2 is 1.66 bits per heavy atom. The minimum Gasteiger partial charge on any atom is -0.352 e. The summed E-state index contributed by atoms with van der Waals surface area (Å²) in [6.45, 7) is 5.37. The second kappa shape index (κ2) is 13.5. The van der Waals surface area contributed by atoms with E-state index in [4.69, 9.17) is 11.6 Å². The molecular formula is C32H38ClN3O4S. The van der Waals surface area contributed by atoms with Crippen LogP contribution in [0.2, 0.25) is 5.02 Å². The van der Waals surface area contributed by atoms with Gasteiger partial charge in [0.25, 0.3) is 10.0 Å². The van der Waals surface area contributed by atoms with Crippen LogP contribution in [0.4, 0.5) is 5.69 Å². The Bertz CT molecular complexity index is 1470. The van der Waals surface area contributed by atoms with Gasteiger partial charge < -0.3 is 10.2 Å². The number of halogens is 1. The van der Waals surface area contributed by atoms with Crippen molar-refractivity contribution in [2.24, 2.45) is 0 Å². The Hall–Kier alpha value is -3.36. The summed E-state index contributed by atoms with van der Waals surface area (Å²) in [7, 11) is -4.15. The first-order valence-electron chi connectivity index (χ1n) is 14.1. The summed E-state index contributed by atoms with van der Waals surface area (Å²) < 4.78 is 29.1. The Kier molecular flexibility index (Phi) is 10.1. The predicted octanol–water partition coefficient (Wildman–Crippen LogP) is 6.02. The molecule has 0 unspecified atom stereocenters. The Labute approximate surface area is 248 Å². The van der Waals surface area contributed by atoms with E-state index in [0.29, 0.717) is 22.7 Å². The van der Waals surface area contributed by atoms with Crippen LogP contribution in [0.5, 0.6) is 0 Å². The number of nitrogens with zero attached hydrogens (tertiary/aromatic N) is 2. The molecule has 1 aliphatic carbocycles. The molecule has 0 spiro atoms. The van der Waals surface area contributed by atoms with E-state index < -0.39 is 28.5 Å². The van der Waals surface area contributed by atoms with Crippen molar-refractivity contribution in [3.05, 3.63) is 94.5 Å². The van der Waals surface area contributed by atoms with Crippen molar-refractivity contribution in [1.82, 2.24) is 10.2 Å². The van der Waals surface area contributed by atoms with Gasteiger partial charge in [0.2, 0.25) is 11.8 Å². The molecule has 0 aromatic heterocycles. The summed E-state index contributed by atoms with van der Waals surface area (Å²) in [5, 5.41) is 3.55. The topological polar surface area (TPSA) is 86.8 Å². The molecule has 9 heteroatoms. The lowest BCUT2D eigenvalue weighted by molar-refractivity contribution is -0.140. The molecule has 0 heterocycles. The number of sulfonamides is 1. The molecule has 1 aliphatic rings. The molecule has 7 nitrogen and oxygen atoms in total. The summed E-state index contributed by atoms with van der Waals surface area (Å²) in [5.74, 6) is -0.663. The number of aryl methyl sites for hydroxylation is 2. The van der Waals surface area contributed by atoms with E-state index in [1.165, 1.54) is 29.2 Å². The van der Waals surface area contributed by atoms with Gasteiger partial charge in [-0.2, -0.15) is 0 Å². The van der Waals surface area contributed by atoms with Gasteiger partial charge in [-0.1, -0.05) is 79.4 Å². The van der Waals surface area contributed by atoms with Crippen LogP contribution in [0.25, 0.3) is 0 Å². The van der Waals surface area contributed by atoms with E-state index in [0.717, 1.165) is 41.1 Å². The first-order valence-corrected chi connectivity index (χ1v) is 15.9. The molecule has 4 rings (SSSR count). The maximum Gasteiger partial charge on any atom is 0.264 e. The highest BCUT2D eigenvalue weighted by Crippen LogP contribution is 2.28. The van der Waals surface area contributed by atoms with Gasteiger partial charge in [0.15, 0.2) is 0 Å². The number of amides is 2. The summed E-state index contributed by atoms with van der Waals surface area (Å²) in [6.07, 6.45) is 4.39. The molecule has 1 atom stereocenters. The van der Waals surface area contributed by atoms with Crippen molar-refractivity contribution in [2.45, 2.75) is 76.4 Å². The Morgan fingerprint density at radius 1 is 0.976 bits per heavy atom. The largest absolute Gasteiger partial charge is 0.352 e. The average molecular weight is 596 g/mol. The van der Waals surface area contributed by atoms with Gasteiger partial charge in [0.05, 0.1) is 10.6 Å². The second-order valence-corrected chi connectivity index (χ2v) is 13.0. The van der Waals surface area contributed by atoms with Crippen LogP contribution in [-0.4, -0.2) is 43.8 Å². The number of hydrogen-bond donors (Lipinski definition) is 1. The van der Waals surface area contributed by atoms with Gasteiger partial charge in [-0.3, -0.25) is 13.9 Å². The van der Waals surface area contributed by atoms with Crippen molar-refractivity contribution in [1.29, 1.82) is 0 Å². The lowest BCUT2D eigenvalue weighted by Gasteiger charge is -2.34. The average Bonchev–Trinajstić information content (AvgIpc) is 3.45. The van der Waals surface area contributed by atoms with Crippen molar-refractivity contribution >= 4 is 39.1 Å². The van der Waals surface area contributed by atoms with Crippen molar-refractivity contribution < 1.29 is 18.0 Å². The van der Waals surface area contributed by atoms with Gasteiger partial charge in [-0.05, 0) is 74.6 Å². The molecule has 0 radical (unpaired) electrons. The molecule has 0 bridgehead atoms. The van der Waals surface area contributed by atoms with E-state index in [9.17, 15) is 18.0 Å². The number of carbonyl (C=O) groups is 2. The summed E-state index contributed by atoms with van der Waals surface area (Å²) in [5.41, 5.74) is 3.00. The summed E-state index contributed by atoms with van der Waals surface area (Å²) >= 11 is 6.03. The molecule has 1 saturated carbocycles. The number of anilines is 1. The Balaban J connectivity index is 1.72. The molecule has 3 aromatic rings. The fraction of sp³-hybridized carbons (Fsp3) is 0.375. The molecule has 0 aliphatic heterocycles. The third-order valence-electron chi connectivity index (χ3n) is 7.59. The normalized spacial score (nSPS) is 14.4. The van der Waals surface area contributed by atoms with Gasteiger partial charge in [0.1, 0.15) is 12.6 Å². The number of para-hydroxylation sites is 1. The summed E-state index contributed by atoms with van der Waals surface area (Å²) in [4.78, 5) is 29.3. The van der Waals surface area contributed by atoms with Crippen LogP contribution in [0.15, 0.2) is 77.7 Å². The lowest BCUT2D eigenvalue weighted by atomic mass is 10.1. The SMILES string of the molecule is CC[C@H](C(=O)NC1CCCC1)N(Cc1cccc(C)c1)C(=O)CN(c1ccccc1C)S(=O)(=O)c1ccc(Cl)cc1. The smallest absolute Gasteiger partial charge is 0.264 e. The predicted molar refractivity (Wildman–Crippen MR) is 163 cm³/mol. The van der Waals surface area contributed by atoms with Crippen LogP contribution < -0.4 is 9.62 Å². The monoisotopic (exact) mass is 595 g/mol. The molecule has 1 N–H and O–H groups in total. The molecule has 218 valence electrons. The van der Waals surface area contributed by atoms with Gasteiger partial charge in [-0.25, -0.2) is 8.42 Å². The van der Waals surface area contributed by atoms with E-state index in [2.05, 4.69) is 5.32 Å². The van der Waals surface area contributed by atoms with E-state index in [1.807, 2.05) is 44.2 Å². The molecular weight excluding hydrogens is 558 g/mol. The highest BCUT2D eigenvalue weighted by atomic mass is 35.5. The zero-order valence-corrected chi connectivity index (χ0v) is 25.4. The van der Waals surface area contributed by atoms with Gasteiger partial charge >= 0.3 is 0 Å². The third kappa shape index (κ3) is 7.49. The third-order valence-corrected chi connectivity index (χ3v) is 9.61. The number of hydrogen-bond acceptors (Lipinski definition) is 4. The van der Waals surface area contributed by atoms with E-state index in [-0.39, 0.29) is 23.4 Å². The maximum atomic E-state index is 14.2. The van der Waals surface area contributed by atoms with Crippen LogP contribution in [-0.2, 0) is 26.2 Å². The molecule has 0 saturated heterocycles. The minimum absolute atomic E-state index is 0.0224. The van der Waals surface area contributed by atoms with Crippen LogP contribution >= 0.6 is 11.6 Å². The lowest BCUT2D eigenvalue weighted by Crippen LogP contribution is -2.53. The molecule has 3 aromatic carbocycles. The van der Waals surface area contributed by atoms with Crippen LogP contribution in [0, 0.1) is 13.8 Å². The quantitative estimate of drug-likeness (QED) is 0.294. The van der Waals surface area contributed by atoms with E-state index >= 15 is 0 Å². The summed E-state index contributed by atoms with van der Waals surface area (Å²) in [6, 6.07) is 20.1. The fourth-order valence-corrected chi connectivity index (χ4v) is 6.99. The highest BCUT2D eigenvalue weighted by Gasteiger charge is 2.35. The maximum absolute atomic E-state index is 14.2. The second-order valence-electron chi connectivity index (χ2n) is 10.7. The minimum atomic E-state index is -4.15. The van der Waals surface area contributed by atoms with Crippen molar-refractivity contribution in [3.8, 4) is 0 Å². The molecule has 41 heavy (non-hydrogen) atoms. The highest BCUT2D eigenvalue weighted by molar-refractivity contribution is 7.92. The molecule has 1 fully saturated rings. The first-order chi connectivity index (χ1) is 19.6. The van der Waals surface area contributed by atoms with Gasteiger partial charge in [0, 0.05) is 17.6 Å². The van der Waals surface area contributed by atoms with Gasteiger partial charge in [-0.15, -0.1) is 0 Å². The number of nitrogens with one attached hydrogen (secondary N) is 1. The zero-order valence-electron chi connectivity index (χ0n) is 23.8. The van der Waals surface area contributed by atoms with Crippen molar-refractivity contribution in [2.75, 3.05) is 10.8 Å².